The van der Waals surface area contributed by atoms with Gasteiger partial charge < -0.3 is 4.74 Å². The van der Waals surface area contributed by atoms with Gasteiger partial charge in [-0.25, -0.2) is 5.84 Å². The van der Waals surface area contributed by atoms with Gasteiger partial charge in [-0.1, -0.05) is 20.8 Å². The fourth-order valence-electron chi connectivity index (χ4n) is 3.31. The van der Waals surface area contributed by atoms with Gasteiger partial charge in [0, 0.05) is 5.56 Å². The molecule has 1 amide bonds. The monoisotopic (exact) mass is 296 g/mol. The second-order valence-electron chi connectivity index (χ2n) is 6.59. The maximum absolute atomic E-state index is 11.6. The van der Waals surface area contributed by atoms with Crippen LogP contribution < -0.4 is 11.3 Å². The lowest BCUT2D eigenvalue weighted by atomic mass is 9.71. The van der Waals surface area contributed by atoms with Crippen LogP contribution in [-0.4, -0.2) is 12.0 Å². The van der Waals surface area contributed by atoms with Gasteiger partial charge in [-0.05, 0) is 42.0 Å². The molecule has 20 heavy (non-hydrogen) atoms. The quantitative estimate of drug-likeness (QED) is 0.510. The molecule has 5 heteroatoms. The maximum Gasteiger partial charge on any atom is 0.275 e. The van der Waals surface area contributed by atoms with Crippen molar-refractivity contribution in [1.29, 1.82) is 0 Å². The summed E-state index contributed by atoms with van der Waals surface area (Å²) in [6.07, 6.45) is 3.72. The first kappa shape index (κ1) is 15.5. The number of nitrogens with one attached hydrogen (secondary N) is 1. The number of amides is 1. The van der Waals surface area contributed by atoms with Crippen molar-refractivity contribution >= 4 is 17.2 Å². The Balaban J connectivity index is 1.95. The van der Waals surface area contributed by atoms with E-state index in [1.165, 1.54) is 17.8 Å². The van der Waals surface area contributed by atoms with Crippen LogP contribution in [-0.2, 0) is 11.3 Å². The lowest BCUT2D eigenvalue weighted by molar-refractivity contribution is -0.0316. The molecule has 2 rings (SSSR count). The minimum Gasteiger partial charge on any atom is -0.373 e. The normalized spacial score (nSPS) is 25.4. The molecule has 0 aliphatic heterocycles. The molecule has 0 bridgehead atoms. The Morgan fingerprint density at radius 3 is 2.95 bits per heavy atom. The largest absolute Gasteiger partial charge is 0.373 e. The topological polar surface area (TPSA) is 64.3 Å². The average Bonchev–Trinajstić information content (AvgIpc) is 2.81. The van der Waals surface area contributed by atoms with Crippen molar-refractivity contribution in [2.75, 3.05) is 0 Å². The van der Waals surface area contributed by atoms with E-state index >= 15 is 0 Å². The SMILES string of the molecule is CC1CC(OCc2ccsc2C(=O)NN)CC(C)(C)C1. The van der Waals surface area contributed by atoms with E-state index < -0.39 is 0 Å². The number of rotatable bonds is 4. The van der Waals surface area contributed by atoms with Crippen molar-refractivity contribution in [3.05, 3.63) is 21.9 Å². The summed E-state index contributed by atoms with van der Waals surface area (Å²) in [5, 5.41) is 1.90. The molecule has 2 unspecified atom stereocenters. The summed E-state index contributed by atoms with van der Waals surface area (Å²) in [5.74, 6) is 5.64. The molecule has 1 fully saturated rings. The molecular formula is C15H24N2O2S. The number of hydrazine groups is 1. The number of thiophene rings is 1. The third-order valence-electron chi connectivity index (χ3n) is 3.91. The lowest BCUT2D eigenvalue weighted by Crippen LogP contribution is -2.33. The van der Waals surface area contributed by atoms with Gasteiger partial charge in [-0.2, -0.15) is 0 Å². The Morgan fingerprint density at radius 1 is 1.55 bits per heavy atom. The minimum absolute atomic E-state index is 0.240. The molecule has 1 aliphatic rings. The molecule has 1 saturated carbocycles. The summed E-state index contributed by atoms with van der Waals surface area (Å²) in [6, 6.07) is 1.94. The molecule has 1 aromatic heterocycles. The average molecular weight is 296 g/mol. The van der Waals surface area contributed by atoms with Gasteiger partial charge in [-0.3, -0.25) is 10.2 Å². The number of ether oxygens (including phenoxy) is 1. The predicted octanol–water partition coefficient (Wildman–Crippen LogP) is 3.08. The van der Waals surface area contributed by atoms with Gasteiger partial charge in [0.15, 0.2) is 0 Å². The van der Waals surface area contributed by atoms with Crippen LogP contribution in [0.3, 0.4) is 0 Å². The second kappa shape index (κ2) is 6.24. The maximum atomic E-state index is 11.6. The van der Waals surface area contributed by atoms with Crippen molar-refractivity contribution in [2.45, 2.75) is 52.7 Å². The Kier molecular flexibility index (Phi) is 4.83. The van der Waals surface area contributed by atoms with E-state index in [2.05, 4.69) is 26.2 Å². The Morgan fingerprint density at radius 2 is 2.30 bits per heavy atom. The molecule has 0 radical (unpaired) electrons. The first-order chi connectivity index (χ1) is 9.41. The van der Waals surface area contributed by atoms with E-state index in [1.54, 1.807) is 0 Å². The predicted molar refractivity (Wildman–Crippen MR) is 81.3 cm³/mol. The number of nitrogen functional groups attached to an aromatic ring is 1. The molecular weight excluding hydrogens is 272 g/mol. The van der Waals surface area contributed by atoms with Crippen LogP contribution in [0.1, 0.15) is 55.3 Å². The van der Waals surface area contributed by atoms with E-state index in [0.717, 1.165) is 18.4 Å². The van der Waals surface area contributed by atoms with Gasteiger partial charge in [0.2, 0.25) is 0 Å². The van der Waals surface area contributed by atoms with Crippen LogP contribution >= 0.6 is 11.3 Å². The minimum atomic E-state index is -0.240. The highest BCUT2D eigenvalue weighted by atomic mass is 32.1. The van der Waals surface area contributed by atoms with Gasteiger partial charge >= 0.3 is 0 Å². The van der Waals surface area contributed by atoms with Crippen molar-refractivity contribution < 1.29 is 9.53 Å². The molecule has 1 aliphatic carbocycles. The van der Waals surface area contributed by atoms with Crippen LogP contribution in [0, 0.1) is 11.3 Å². The molecule has 0 aromatic carbocycles. The molecule has 0 saturated heterocycles. The molecule has 3 N–H and O–H groups in total. The summed E-state index contributed by atoms with van der Waals surface area (Å²) in [5.41, 5.74) is 3.45. The van der Waals surface area contributed by atoms with E-state index in [4.69, 9.17) is 10.6 Å². The van der Waals surface area contributed by atoms with E-state index in [0.29, 0.717) is 22.8 Å². The third kappa shape index (κ3) is 3.81. The fraction of sp³-hybridized carbons (Fsp3) is 0.667. The molecule has 0 spiro atoms. The summed E-state index contributed by atoms with van der Waals surface area (Å²) < 4.78 is 6.05. The first-order valence-electron chi connectivity index (χ1n) is 7.10. The van der Waals surface area contributed by atoms with E-state index in [9.17, 15) is 4.79 Å². The number of carbonyl (C=O) groups excluding carboxylic acids is 1. The van der Waals surface area contributed by atoms with Crippen molar-refractivity contribution in [3.8, 4) is 0 Å². The summed E-state index contributed by atoms with van der Waals surface area (Å²) in [7, 11) is 0. The lowest BCUT2D eigenvalue weighted by Gasteiger charge is -2.38. The molecule has 2 atom stereocenters. The van der Waals surface area contributed by atoms with E-state index in [-0.39, 0.29) is 12.0 Å². The first-order valence-corrected chi connectivity index (χ1v) is 7.98. The van der Waals surface area contributed by atoms with Crippen molar-refractivity contribution in [3.63, 3.8) is 0 Å². The summed E-state index contributed by atoms with van der Waals surface area (Å²) in [6.45, 7) is 7.38. The Bertz CT molecular complexity index is 470. The Labute approximate surface area is 124 Å². The number of nitrogens with two attached hydrogens (primary N) is 1. The van der Waals surface area contributed by atoms with Crippen LogP contribution in [0.5, 0.6) is 0 Å². The van der Waals surface area contributed by atoms with Crippen molar-refractivity contribution in [2.24, 2.45) is 17.2 Å². The number of hydrogen-bond donors (Lipinski definition) is 2. The summed E-state index contributed by atoms with van der Waals surface area (Å²) >= 11 is 1.40. The molecule has 1 heterocycles. The van der Waals surface area contributed by atoms with Gasteiger partial charge in [-0.15, -0.1) is 11.3 Å². The fourth-order valence-corrected chi connectivity index (χ4v) is 4.12. The highest BCUT2D eigenvalue weighted by Crippen LogP contribution is 2.40. The van der Waals surface area contributed by atoms with Crippen molar-refractivity contribution in [1.82, 2.24) is 5.43 Å². The standard InChI is InChI=1S/C15H24N2O2S/c1-10-6-12(8-15(2,3)7-10)19-9-11-4-5-20-13(11)14(18)17-16/h4-5,10,12H,6-9,16H2,1-3H3,(H,17,18). The zero-order chi connectivity index (χ0) is 14.8. The van der Waals surface area contributed by atoms with Gasteiger partial charge in [0.25, 0.3) is 5.91 Å². The zero-order valence-electron chi connectivity index (χ0n) is 12.4. The molecule has 4 nitrogen and oxygen atoms in total. The van der Waals surface area contributed by atoms with Crippen LogP contribution in [0.25, 0.3) is 0 Å². The highest BCUT2D eigenvalue weighted by molar-refractivity contribution is 7.12. The van der Waals surface area contributed by atoms with Gasteiger partial charge in [0.1, 0.15) is 0 Å². The zero-order valence-corrected chi connectivity index (χ0v) is 13.3. The molecule has 1 aromatic rings. The molecule has 112 valence electrons. The smallest absolute Gasteiger partial charge is 0.275 e. The van der Waals surface area contributed by atoms with Gasteiger partial charge in [0.05, 0.1) is 17.6 Å². The number of hydrogen-bond acceptors (Lipinski definition) is 4. The van der Waals surface area contributed by atoms with Crippen LogP contribution in [0.15, 0.2) is 11.4 Å². The number of carbonyl (C=O) groups is 1. The van der Waals surface area contributed by atoms with Crippen LogP contribution in [0.2, 0.25) is 0 Å². The van der Waals surface area contributed by atoms with E-state index in [1.807, 2.05) is 11.4 Å². The Hall–Kier alpha value is -0.910. The highest BCUT2D eigenvalue weighted by Gasteiger charge is 2.32. The third-order valence-corrected chi connectivity index (χ3v) is 4.86. The summed E-state index contributed by atoms with van der Waals surface area (Å²) in [4.78, 5) is 12.3. The second-order valence-corrected chi connectivity index (χ2v) is 7.51. The van der Waals surface area contributed by atoms with Crippen LogP contribution in [0.4, 0.5) is 0 Å².